The van der Waals surface area contributed by atoms with Crippen LogP contribution in [-0.4, -0.2) is 88.5 Å². The molecule has 3 rings (SSSR count). The van der Waals surface area contributed by atoms with E-state index in [2.05, 4.69) is 20.1 Å². The highest BCUT2D eigenvalue weighted by molar-refractivity contribution is 14.0. The maximum atomic E-state index is 5.68. The van der Waals surface area contributed by atoms with Crippen molar-refractivity contribution in [1.82, 2.24) is 15.1 Å². The van der Waals surface area contributed by atoms with Crippen LogP contribution in [0.3, 0.4) is 0 Å². The number of halogens is 1. The van der Waals surface area contributed by atoms with E-state index in [9.17, 15) is 0 Å². The molecule has 2 saturated heterocycles. The molecule has 1 aliphatic carbocycles. The van der Waals surface area contributed by atoms with Crippen molar-refractivity contribution in [2.24, 2.45) is 16.8 Å². The van der Waals surface area contributed by atoms with E-state index in [0.717, 1.165) is 76.9 Å². The number of nitrogens with one attached hydrogen (secondary N) is 1. The molecule has 1 N–H and O–H groups in total. The van der Waals surface area contributed by atoms with Crippen LogP contribution < -0.4 is 5.32 Å². The highest BCUT2D eigenvalue weighted by Gasteiger charge is 2.27. The van der Waals surface area contributed by atoms with E-state index >= 15 is 0 Å². The van der Waals surface area contributed by atoms with E-state index in [1.165, 1.54) is 25.8 Å². The summed E-state index contributed by atoms with van der Waals surface area (Å²) in [7, 11) is 1.88. The van der Waals surface area contributed by atoms with Crippen LogP contribution in [0.1, 0.15) is 19.3 Å². The largest absolute Gasteiger partial charge is 0.379 e. The van der Waals surface area contributed by atoms with Gasteiger partial charge in [0, 0.05) is 52.9 Å². The van der Waals surface area contributed by atoms with Crippen LogP contribution in [0.5, 0.6) is 0 Å². The van der Waals surface area contributed by atoms with Crippen LogP contribution in [0.15, 0.2) is 4.99 Å². The zero-order chi connectivity index (χ0) is 15.9. The number of morpholine rings is 1. The summed E-state index contributed by atoms with van der Waals surface area (Å²) in [6.45, 7) is 9.93. The van der Waals surface area contributed by atoms with Crippen molar-refractivity contribution in [3.8, 4) is 0 Å². The monoisotopic (exact) mass is 452 g/mol. The fraction of sp³-hybridized carbons (Fsp3) is 0.941. The maximum absolute atomic E-state index is 5.68. The Kier molecular flexibility index (Phi) is 9.07. The number of aliphatic imine (C=N–C) groups is 1. The normalized spacial score (nSPS) is 25.6. The van der Waals surface area contributed by atoms with Crippen LogP contribution in [0.25, 0.3) is 0 Å². The number of nitrogens with zero attached hydrogens (tertiary/aromatic N) is 3. The maximum Gasteiger partial charge on any atom is 0.193 e. The third kappa shape index (κ3) is 6.65. The molecule has 0 aromatic rings. The Morgan fingerprint density at radius 1 is 1.17 bits per heavy atom. The van der Waals surface area contributed by atoms with Gasteiger partial charge in [0.1, 0.15) is 0 Å². The standard InChI is InChI=1S/C17H32N4O2.HI/c1-18-17(19-5-9-23-14-15-2-3-15)21-6-4-16(13-21)12-20-7-10-22-11-8-20;/h15-16H,2-14H2,1H3,(H,18,19);1H. The topological polar surface area (TPSA) is 49.3 Å². The Labute approximate surface area is 163 Å². The Bertz CT molecular complexity index is 387. The van der Waals surface area contributed by atoms with E-state index < -0.39 is 0 Å². The first-order valence-corrected chi connectivity index (χ1v) is 9.18. The molecule has 1 unspecified atom stereocenters. The SMILES string of the molecule is CN=C(NCCOCC1CC1)N1CCC(CN2CCOCC2)C1.I. The molecule has 1 saturated carbocycles. The first kappa shape index (κ1) is 20.2. The quantitative estimate of drug-likeness (QED) is 0.273. The summed E-state index contributed by atoms with van der Waals surface area (Å²) < 4.78 is 11.1. The van der Waals surface area contributed by atoms with E-state index in [0.29, 0.717) is 0 Å². The number of hydrogen-bond donors (Lipinski definition) is 1. The van der Waals surface area contributed by atoms with E-state index in [-0.39, 0.29) is 24.0 Å². The van der Waals surface area contributed by atoms with Crippen LogP contribution in [0.4, 0.5) is 0 Å². The second kappa shape index (κ2) is 10.8. The summed E-state index contributed by atoms with van der Waals surface area (Å²) in [6.07, 6.45) is 3.97. The fourth-order valence-electron chi connectivity index (χ4n) is 3.42. The fourth-order valence-corrected chi connectivity index (χ4v) is 3.42. The molecule has 2 heterocycles. The zero-order valence-electron chi connectivity index (χ0n) is 14.9. The molecule has 0 aromatic carbocycles. The van der Waals surface area contributed by atoms with Crippen molar-refractivity contribution in [2.75, 3.05) is 72.7 Å². The minimum Gasteiger partial charge on any atom is -0.379 e. The lowest BCUT2D eigenvalue weighted by Crippen LogP contribution is -2.43. The molecule has 0 spiro atoms. The van der Waals surface area contributed by atoms with Gasteiger partial charge in [-0.1, -0.05) is 0 Å². The molecule has 1 atom stereocenters. The number of ether oxygens (including phenoxy) is 2. The lowest BCUT2D eigenvalue weighted by molar-refractivity contribution is 0.0315. The van der Waals surface area contributed by atoms with Gasteiger partial charge in [0.05, 0.1) is 19.8 Å². The van der Waals surface area contributed by atoms with Gasteiger partial charge in [0.25, 0.3) is 0 Å². The third-order valence-electron chi connectivity index (χ3n) is 5.00. The minimum absolute atomic E-state index is 0. The minimum atomic E-state index is 0. The van der Waals surface area contributed by atoms with Gasteiger partial charge in [-0.25, -0.2) is 0 Å². The zero-order valence-corrected chi connectivity index (χ0v) is 17.2. The molecule has 3 aliphatic rings. The molecule has 3 fully saturated rings. The summed E-state index contributed by atoms with van der Waals surface area (Å²) in [6, 6.07) is 0. The number of hydrogen-bond acceptors (Lipinski definition) is 4. The van der Waals surface area contributed by atoms with Gasteiger partial charge in [-0.05, 0) is 31.1 Å². The van der Waals surface area contributed by atoms with Gasteiger partial charge >= 0.3 is 0 Å². The molecular weight excluding hydrogens is 419 g/mol. The van der Waals surface area contributed by atoms with Crippen molar-refractivity contribution in [2.45, 2.75) is 19.3 Å². The molecule has 6 nitrogen and oxygen atoms in total. The lowest BCUT2D eigenvalue weighted by Gasteiger charge is -2.29. The highest BCUT2D eigenvalue weighted by atomic mass is 127. The molecular formula is C17H33IN4O2. The average Bonchev–Trinajstić information content (AvgIpc) is 3.30. The Morgan fingerprint density at radius 2 is 1.96 bits per heavy atom. The van der Waals surface area contributed by atoms with Crippen molar-refractivity contribution in [1.29, 1.82) is 0 Å². The van der Waals surface area contributed by atoms with Gasteiger partial charge in [0.2, 0.25) is 0 Å². The number of rotatable bonds is 7. The summed E-state index contributed by atoms with van der Waals surface area (Å²) in [5.74, 6) is 2.62. The second-order valence-electron chi connectivity index (χ2n) is 7.01. The van der Waals surface area contributed by atoms with Crippen molar-refractivity contribution < 1.29 is 9.47 Å². The van der Waals surface area contributed by atoms with Crippen LogP contribution in [0.2, 0.25) is 0 Å². The predicted octanol–water partition coefficient (Wildman–Crippen LogP) is 1.26. The van der Waals surface area contributed by atoms with Gasteiger partial charge in [-0.2, -0.15) is 0 Å². The molecule has 0 bridgehead atoms. The first-order valence-electron chi connectivity index (χ1n) is 9.18. The van der Waals surface area contributed by atoms with E-state index in [4.69, 9.17) is 9.47 Å². The first-order chi connectivity index (χ1) is 11.3. The Balaban J connectivity index is 0.00000208. The Hall–Kier alpha value is -0.120. The van der Waals surface area contributed by atoms with Gasteiger partial charge in [-0.3, -0.25) is 9.89 Å². The van der Waals surface area contributed by atoms with E-state index in [1.54, 1.807) is 0 Å². The predicted molar refractivity (Wildman–Crippen MR) is 107 cm³/mol. The van der Waals surface area contributed by atoms with Gasteiger partial charge in [-0.15, -0.1) is 24.0 Å². The Morgan fingerprint density at radius 3 is 2.67 bits per heavy atom. The van der Waals surface area contributed by atoms with Crippen LogP contribution in [-0.2, 0) is 9.47 Å². The van der Waals surface area contributed by atoms with Crippen molar-refractivity contribution >= 4 is 29.9 Å². The molecule has 0 radical (unpaired) electrons. The summed E-state index contributed by atoms with van der Waals surface area (Å²) in [5.41, 5.74) is 0. The summed E-state index contributed by atoms with van der Waals surface area (Å²) in [5, 5.41) is 3.45. The second-order valence-corrected chi connectivity index (χ2v) is 7.01. The van der Waals surface area contributed by atoms with Crippen molar-refractivity contribution in [3.63, 3.8) is 0 Å². The molecule has 0 aromatic heterocycles. The van der Waals surface area contributed by atoms with Gasteiger partial charge < -0.3 is 19.7 Å². The molecule has 24 heavy (non-hydrogen) atoms. The summed E-state index contributed by atoms with van der Waals surface area (Å²) in [4.78, 5) is 9.37. The third-order valence-corrected chi connectivity index (χ3v) is 5.00. The molecule has 140 valence electrons. The smallest absolute Gasteiger partial charge is 0.193 e. The highest BCUT2D eigenvalue weighted by Crippen LogP contribution is 2.28. The molecule has 2 aliphatic heterocycles. The van der Waals surface area contributed by atoms with E-state index in [1.807, 2.05) is 7.05 Å². The summed E-state index contributed by atoms with van der Waals surface area (Å²) >= 11 is 0. The molecule has 0 amide bonds. The number of guanidine groups is 1. The van der Waals surface area contributed by atoms with Gasteiger partial charge in [0.15, 0.2) is 5.96 Å². The molecule has 7 heteroatoms. The number of likely N-dealkylation sites (tertiary alicyclic amines) is 1. The lowest BCUT2D eigenvalue weighted by atomic mass is 10.1. The van der Waals surface area contributed by atoms with Crippen LogP contribution >= 0.6 is 24.0 Å². The van der Waals surface area contributed by atoms with Crippen LogP contribution in [0, 0.1) is 11.8 Å². The average molecular weight is 452 g/mol. The van der Waals surface area contributed by atoms with Crippen molar-refractivity contribution in [3.05, 3.63) is 0 Å².